The molecule has 29 heavy (non-hydrogen) atoms. The van der Waals surface area contributed by atoms with Crippen LogP contribution in [0.1, 0.15) is 25.3 Å². The highest BCUT2D eigenvalue weighted by atomic mass is 16.5. The molecule has 2 aliphatic rings. The Morgan fingerprint density at radius 3 is 2.69 bits per heavy atom. The number of piperazine rings is 1. The van der Waals surface area contributed by atoms with Crippen molar-refractivity contribution in [1.82, 2.24) is 20.4 Å². The largest absolute Gasteiger partial charge is 0.459 e. The second-order valence-electron chi connectivity index (χ2n) is 7.78. The molecule has 2 fully saturated rings. The SMILES string of the molecule is CC(NC(=O)C1CN(C)CCN1C(=O)C1CCCN1)C(=O)OCc1ccccc1. The number of benzene rings is 1. The van der Waals surface area contributed by atoms with Gasteiger partial charge in [0.1, 0.15) is 18.7 Å². The van der Waals surface area contributed by atoms with Crippen LogP contribution in [0.15, 0.2) is 30.3 Å². The molecule has 2 amide bonds. The average molecular weight is 402 g/mol. The predicted molar refractivity (Wildman–Crippen MR) is 108 cm³/mol. The van der Waals surface area contributed by atoms with E-state index in [0.29, 0.717) is 13.1 Å². The number of nitrogens with one attached hydrogen (secondary N) is 2. The van der Waals surface area contributed by atoms with Gasteiger partial charge in [0.2, 0.25) is 11.8 Å². The van der Waals surface area contributed by atoms with Crippen LogP contribution in [0, 0.1) is 0 Å². The van der Waals surface area contributed by atoms with Gasteiger partial charge in [-0.1, -0.05) is 30.3 Å². The van der Waals surface area contributed by atoms with Crippen LogP contribution in [0.4, 0.5) is 0 Å². The van der Waals surface area contributed by atoms with Crippen LogP contribution in [0.2, 0.25) is 0 Å². The first kappa shape index (κ1) is 21.3. The van der Waals surface area contributed by atoms with Crippen LogP contribution in [0.5, 0.6) is 0 Å². The molecule has 8 nitrogen and oxygen atoms in total. The summed E-state index contributed by atoms with van der Waals surface area (Å²) in [5.41, 5.74) is 0.883. The zero-order chi connectivity index (χ0) is 20.8. The Hall–Kier alpha value is -2.45. The molecule has 0 radical (unpaired) electrons. The standard InChI is InChI=1S/C21H30N4O4/c1-15(21(28)29-14-16-7-4-3-5-8-16)23-19(26)18-13-24(2)11-12-25(18)20(27)17-9-6-10-22-17/h3-5,7-8,15,17-18,22H,6,9-14H2,1-2H3,(H,23,26). The van der Waals surface area contributed by atoms with E-state index in [1.807, 2.05) is 42.3 Å². The van der Waals surface area contributed by atoms with Gasteiger partial charge in [-0.3, -0.25) is 9.59 Å². The van der Waals surface area contributed by atoms with Gasteiger partial charge < -0.3 is 25.2 Å². The van der Waals surface area contributed by atoms with Gasteiger partial charge in [-0.2, -0.15) is 0 Å². The van der Waals surface area contributed by atoms with E-state index < -0.39 is 18.1 Å². The van der Waals surface area contributed by atoms with Crippen molar-refractivity contribution >= 4 is 17.8 Å². The second kappa shape index (κ2) is 9.84. The smallest absolute Gasteiger partial charge is 0.328 e. The van der Waals surface area contributed by atoms with Gasteiger partial charge >= 0.3 is 5.97 Å². The Kier molecular flexibility index (Phi) is 7.22. The van der Waals surface area contributed by atoms with E-state index in [9.17, 15) is 14.4 Å². The number of hydrogen-bond acceptors (Lipinski definition) is 6. The predicted octanol–water partition coefficient (Wildman–Crippen LogP) is 0.129. The van der Waals surface area contributed by atoms with Gasteiger partial charge in [-0.25, -0.2) is 4.79 Å². The Morgan fingerprint density at radius 1 is 1.24 bits per heavy atom. The summed E-state index contributed by atoms with van der Waals surface area (Å²) in [4.78, 5) is 41.7. The maximum Gasteiger partial charge on any atom is 0.328 e. The van der Waals surface area contributed by atoms with E-state index in [1.165, 1.54) is 0 Å². The first-order chi connectivity index (χ1) is 14.0. The third-order valence-corrected chi connectivity index (χ3v) is 5.46. The van der Waals surface area contributed by atoms with Crippen LogP contribution < -0.4 is 10.6 Å². The summed E-state index contributed by atoms with van der Waals surface area (Å²) >= 11 is 0. The Balaban J connectivity index is 1.57. The fraction of sp³-hybridized carbons (Fsp3) is 0.571. The fourth-order valence-electron chi connectivity index (χ4n) is 3.73. The molecule has 3 atom stereocenters. The van der Waals surface area contributed by atoms with Crippen molar-refractivity contribution in [2.24, 2.45) is 0 Å². The summed E-state index contributed by atoms with van der Waals surface area (Å²) in [7, 11) is 1.92. The van der Waals surface area contributed by atoms with E-state index in [4.69, 9.17) is 4.74 Å². The molecule has 0 aromatic heterocycles. The number of likely N-dealkylation sites (N-methyl/N-ethyl adjacent to an activating group) is 1. The zero-order valence-electron chi connectivity index (χ0n) is 17.1. The molecule has 0 saturated carbocycles. The monoisotopic (exact) mass is 402 g/mol. The minimum atomic E-state index is -0.792. The van der Waals surface area contributed by atoms with E-state index in [-0.39, 0.29) is 24.5 Å². The minimum Gasteiger partial charge on any atom is -0.459 e. The zero-order valence-corrected chi connectivity index (χ0v) is 17.1. The molecule has 3 rings (SSSR count). The maximum absolute atomic E-state index is 12.9. The number of ether oxygens (including phenoxy) is 1. The topological polar surface area (TPSA) is 91.0 Å². The van der Waals surface area contributed by atoms with Gasteiger partial charge in [0.15, 0.2) is 0 Å². The van der Waals surface area contributed by atoms with Crippen molar-refractivity contribution in [3.8, 4) is 0 Å². The number of rotatable bonds is 6. The third kappa shape index (κ3) is 5.55. The van der Waals surface area contributed by atoms with Crippen molar-refractivity contribution in [2.45, 2.75) is 44.5 Å². The quantitative estimate of drug-likeness (QED) is 0.658. The molecule has 1 aromatic carbocycles. The molecule has 2 heterocycles. The van der Waals surface area contributed by atoms with Gasteiger partial charge in [0, 0.05) is 19.6 Å². The summed E-state index contributed by atoms with van der Waals surface area (Å²) in [6.07, 6.45) is 1.76. The lowest BCUT2D eigenvalue weighted by Crippen LogP contribution is -2.63. The van der Waals surface area contributed by atoms with Crippen LogP contribution >= 0.6 is 0 Å². The summed E-state index contributed by atoms with van der Waals surface area (Å²) in [5, 5.41) is 5.93. The first-order valence-electron chi connectivity index (χ1n) is 10.2. The van der Waals surface area contributed by atoms with Gasteiger partial charge in [0.05, 0.1) is 6.04 Å². The van der Waals surface area contributed by atoms with Crippen molar-refractivity contribution in [2.75, 3.05) is 33.2 Å². The molecule has 2 N–H and O–H groups in total. The van der Waals surface area contributed by atoms with E-state index in [0.717, 1.165) is 31.5 Å². The van der Waals surface area contributed by atoms with Crippen LogP contribution in [0.3, 0.4) is 0 Å². The van der Waals surface area contributed by atoms with Crippen molar-refractivity contribution in [1.29, 1.82) is 0 Å². The first-order valence-corrected chi connectivity index (χ1v) is 10.2. The Morgan fingerprint density at radius 2 is 2.00 bits per heavy atom. The lowest BCUT2D eigenvalue weighted by molar-refractivity contribution is -0.150. The van der Waals surface area contributed by atoms with Gasteiger partial charge in [-0.15, -0.1) is 0 Å². The van der Waals surface area contributed by atoms with Gasteiger partial charge in [-0.05, 0) is 38.9 Å². The van der Waals surface area contributed by atoms with E-state index in [2.05, 4.69) is 10.6 Å². The molecule has 0 spiro atoms. The minimum absolute atomic E-state index is 0.0324. The lowest BCUT2D eigenvalue weighted by atomic mass is 10.1. The summed E-state index contributed by atoms with van der Waals surface area (Å²) in [6.45, 7) is 4.24. The number of carbonyl (C=O) groups excluding carboxylic acids is 3. The summed E-state index contributed by atoms with van der Waals surface area (Å²) < 4.78 is 5.30. The molecular formula is C21H30N4O4. The number of amides is 2. The highest BCUT2D eigenvalue weighted by Crippen LogP contribution is 2.15. The lowest BCUT2D eigenvalue weighted by Gasteiger charge is -2.40. The molecule has 8 heteroatoms. The number of esters is 1. The molecular weight excluding hydrogens is 372 g/mol. The molecule has 1 aromatic rings. The van der Waals surface area contributed by atoms with Crippen LogP contribution in [-0.4, -0.2) is 78.9 Å². The highest BCUT2D eigenvalue weighted by Gasteiger charge is 2.38. The number of nitrogens with zero attached hydrogens (tertiary/aromatic N) is 2. The molecule has 2 aliphatic heterocycles. The average Bonchev–Trinajstić information content (AvgIpc) is 3.27. The normalized spacial score (nSPS) is 23.4. The van der Waals surface area contributed by atoms with Gasteiger partial charge in [0.25, 0.3) is 0 Å². The van der Waals surface area contributed by atoms with E-state index in [1.54, 1.807) is 11.8 Å². The molecule has 2 saturated heterocycles. The maximum atomic E-state index is 12.9. The van der Waals surface area contributed by atoms with Crippen LogP contribution in [0.25, 0.3) is 0 Å². The summed E-state index contributed by atoms with van der Waals surface area (Å²) in [5.74, 6) is -0.858. The Labute approximate surface area is 171 Å². The third-order valence-electron chi connectivity index (χ3n) is 5.46. The molecule has 158 valence electrons. The second-order valence-corrected chi connectivity index (χ2v) is 7.78. The van der Waals surface area contributed by atoms with Crippen molar-refractivity contribution in [3.63, 3.8) is 0 Å². The fourth-order valence-corrected chi connectivity index (χ4v) is 3.73. The number of carbonyl (C=O) groups is 3. The molecule has 3 unspecified atom stereocenters. The highest BCUT2D eigenvalue weighted by molar-refractivity contribution is 5.92. The number of hydrogen-bond donors (Lipinski definition) is 2. The summed E-state index contributed by atoms with van der Waals surface area (Å²) in [6, 6.07) is 7.75. The van der Waals surface area contributed by atoms with Crippen LogP contribution in [-0.2, 0) is 25.7 Å². The van der Waals surface area contributed by atoms with Crippen molar-refractivity contribution < 1.29 is 19.1 Å². The Bertz CT molecular complexity index is 721. The van der Waals surface area contributed by atoms with E-state index >= 15 is 0 Å². The molecule has 0 bridgehead atoms. The molecule has 0 aliphatic carbocycles. The van der Waals surface area contributed by atoms with Crippen molar-refractivity contribution in [3.05, 3.63) is 35.9 Å².